The van der Waals surface area contributed by atoms with Crippen molar-refractivity contribution >= 4 is 55.0 Å². The molecule has 0 unspecified atom stereocenters. The Balaban J connectivity index is 1.49. The van der Waals surface area contributed by atoms with Crippen molar-refractivity contribution in [3.63, 3.8) is 0 Å². The molecule has 2 aromatic carbocycles. The van der Waals surface area contributed by atoms with Gasteiger partial charge in [-0.25, -0.2) is 13.8 Å². The molecule has 2 aliphatic rings. The first-order valence-corrected chi connectivity index (χ1v) is 13.0. The number of rotatable bonds is 5. The van der Waals surface area contributed by atoms with Crippen molar-refractivity contribution in [2.24, 2.45) is 0 Å². The molecule has 2 fully saturated rings. The molecular formula is C24H24ClF2N7OS. The number of hydrogen-bond acceptors (Lipinski definition) is 9. The van der Waals surface area contributed by atoms with Crippen molar-refractivity contribution in [3.8, 4) is 17.1 Å². The van der Waals surface area contributed by atoms with Crippen LogP contribution in [0, 0.1) is 5.82 Å². The van der Waals surface area contributed by atoms with Gasteiger partial charge in [-0.05, 0) is 18.6 Å². The quantitative estimate of drug-likeness (QED) is 0.358. The number of nitrogens with zero attached hydrogens (tertiary/aromatic N) is 4. The van der Waals surface area contributed by atoms with E-state index in [9.17, 15) is 4.39 Å². The third-order valence-corrected chi connectivity index (χ3v) is 7.69. The highest BCUT2D eigenvalue weighted by Gasteiger charge is 2.27. The maximum Gasteiger partial charge on any atom is 0.319 e. The normalized spacial score (nSPS) is 20.5. The van der Waals surface area contributed by atoms with E-state index in [0.717, 1.165) is 17.8 Å². The van der Waals surface area contributed by atoms with Crippen LogP contribution in [0.15, 0.2) is 24.3 Å². The fraction of sp³-hybridized carbons (Fsp3) is 0.375. The van der Waals surface area contributed by atoms with Crippen LogP contribution in [0.25, 0.3) is 32.2 Å². The summed E-state index contributed by atoms with van der Waals surface area (Å²) in [5.41, 5.74) is 7.36. The number of thiazole rings is 1. The van der Waals surface area contributed by atoms with Crippen LogP contribution < -0.4 is 26.0 Å². The van der Waals surface area contributed by atoms with E-state index >= 15 is 4.39 Å². The number of nitrogen functional groups attached to an aromatic ring is 1. The van der Waals surface area contributed by atoms with Crippen molar-refractivity contribution in [2.75, 3.05) is 50.0 Å². The van der Waals surface area contributed by atoms with E-state index in [-0.39, 0.29) is 34.8 Å². The molecule has 0 spiro atoms. The number of fused-ring (bicyclic) bond motifs is 2. The lowest BCUT2D eigenvalue weighted by Crippen LogP contribution is -2.44. The first kappa shape index (κ1) is 23.5. The molecule has 4 N–H and O–H groups in total. The summed E-state index contributed by atoms with van der Waals surface area (Å²) in [6, 6.07) is 7.07. The Bertz CT molecular complexity index is 1450. The highest BCUT2D eigenvalue weighted by molar-refractivity contribution is 7.22. The number of nitrogens with one attached hydrogen (secondary N) is 2. The monoisotopic (exact) mass is 531 g/mol. The summed E-state index contributed by atoms with van der Waals surface area (Å²) in [7, 11) is 0. The molecule has 8 nitrogen and oxygen atoms in total. The van der Waals surface area contributed by atoms with Gasteiger partial charge in [0.05, 0.1) is 15.2 Å². The third kappa shape index (κ3) is 4.30. The summed E-state index contributed by atoms with van der Waals surface area (Å²) in [4.78, 5) is 15.5. The highest BCUT2D eigenvalue weighted by Crippen LogP contribution is 2.42. The van der Waals surface area contributed by atoms with E-state index in [1.807, 2.05) is 12.1 Å². The van der Waals surface area contributed by atoms with Crippen LogP contribution in [0.3, 0.4) is 0 Å². The van der Waals surface area contributed by atoms with Crippen molar-refractivity contribution in [1.29, 1.82) is 0 Å². The first-order chi connectivity index (χ1) is 17.5. The Morgan fingerprint density at radius 2 is 2.03 bits per heavy atom. The Hall–Kier alpha value is -2.86. The van der Waals surface area contributed by atoms with E-state index in [0.29, 0.717) is 53.5 Å². The first-order valence-electron chi connectivity index (χ1n) is 11.8. The number of anilines is 2. The molecule has 2 saturated heterocycles. The van der Waals surface area contributed by atoms with E-state index in [1.165, 1.54) is 11.3 Å². The minimum absolute atomic E-state index is 0.0448. The van der Waals surface area contributed by atoms with Crippen molar-refractivity contribution in [2.45, 2.75) is 18.6 Å². The van der Waals surface area contributed by atoms with Crippen LogP contribution in [-0.4, -0.2) is 66.5 Å². The van der Waals surface area contributed by atoms with Gasteiger partial charge in [0.2, 0.25) is 0 Å². The third-order valence-electron chi connectivity index (χ3n) is 6.55. The van der Waals surface area contributed by atoms with E-state index < -0.39 is 12.0 Å². The molecule has 2 aromatic heterocycles. The van der Waals surface area contributed by atoms with Crippen LogP contribution >= 0.6 is 22.9 Å². The van der Waals surface area contributed by atoms with Gasteiger partial charge in [0.1, 0.15) is 24.1 Å². The lowest BCUT2D eigenvalue weighted by Gasteiger charge is -2.29. The predicted octanol–water partition coefficient (Wildman–Crippen LogP) is 3.77. The van der Waals surface area contributed by atoms with Crippen LogP contribution in [0.2, 0.25) is 5.02 Å². The summed E-state index contributed by atoms with van der Waals surface area (Å²) >= 11 is 8.03. The summed E-state index contributed by atoms with van der Waals surface area (Å²) in [5.74, 6) is -0.0225. The summed E-state index contributed by atoms with van der Waals surface area (Å²) in [5, 5.41) is 7.52. The van der Waals surface area contributed by atoms with Gasteiger partial charge < -0.3 is 26.0 Å². The molecule has 2 aliphatic heterocycles. The number of halogens is 3. The minimum Gasteiger partial charge on any atom is -0.462 e. The molecular weight excluding hydrogens is 508 g/mol. The van der Waals surface area contributed by atoms with Gasteiger partial charge in [0.25, 0.3) is 0 Å². The predicted molar refractivity (Wildman–Crippen MR) is 139 cm³/mol. The molecule has 188 valence electrons. The van der Waals surface area contributed by atoms with Gasteiger partial charge in [0, 0.05) is 55.3 Å². The molecule has 12 heteroatoms. The standard InChI is InChI=1S/C24H24ClF2N7OS/c25-16-9-15-21(19(27)18(16)14-2-1-3-17-20(14)31-23(28)36-17)32-24(35-11-13-8-12(26)10-30-13)33-22(15)34-6-4-29-5-7-34/h1-3,9,12-13,29-30H,4-8,10-11H2,(H2,28,31)/t12-,13+/m1/s1. The fourth-order valence-corrected chi connectivity index (χ4v) is 5.88. The zero-order valence-corrected chi connectivity index (χ0v) is 20.8. The van der Waals surface area contributed by atoms with E-state index in [4.69, 9.17) is 22.1 Å². The Labute approximate surface area is 214 Å². The van der Waals surface area contributed by atoms with Gasteiger partial charge in [0.15, 0.2) is 10.9 Å². The number of benzene rings is 2. The second-order valence-electron chi connectivity index (χ2n) is 8.96. The molecule has 0 radical (unpaired) electrons. The molecule has 2 atom stereocenters. The molecule has 0 aliphatic carbocycles. The van der Waals surface area contributed by atoms with Crippen LogP contribution in [0.4, 0.5) is 19.7 Å². The summed E-state index contributed by atoms with van der Waals surface area (Å²) in [6.45, 7) is 3.41. The molecule has 6 rings (SSSR count). The summed E-state index contributed by atoms with van der Waals surface area (Å²) < 4.78 is 36.6. The molecule has 36 heavy (non-hydrogen) atoms. The minimum atomic E-state index is -0.905. The number of ether oxygens (including phenoxy) is 1. The molecule has 4 aromatic rings. The van der Waals surface area contributed by atoms with Gasteiger partial charge in [-0.2, -0.15) is 9.97 Å². The number of alkyl halides is 1. The van der Waals surface area contributed by atoms with Crippen LogP contribution in [0.5, 0.6) is 6.01 Å². The molecule has 0 amide bonds. The maximum atomic E-state index is 16.3. The average molecular weight is 532 g/mol. The zero-order valence-electron chi connectivity index (χ0n) is 19.2. The highest BCUT2D eigenvalue weighted by atomic mass is 35.5. The van der Waals surface area contributed by atoms with Crippen molar-refractivity contribution in [3.05, 3.63) is 35.1 Å². The second-order valence-corrected chi connectivity index (χ2v) is 10.4. The maximum absolute atomic E-state index is 16.3. The Kier molecular flexibility index (Phi) is 6.24. The zero-order chi connectivity index (χ0) is 24.8. The SMILES string of the molecule is Nc1nc2c(-c3c(Cl)cc4c(N5CCNCC5)nc(OC[C@@H]5C[C@@H](F)CN5)nc4c3F)cccc2s1. The van der Waals surface area contributed by atoms with Gasteiger partial charge in [-0.1, -0.05) is 35.1 Å². The Morgan fingerprint density at radius 1 is 1.19 bits per heavy atom. The van der Waals surface area contributed by atoms with E-state index in [1.54, 1.807) is 12.1 Å². The lowest BCUT2D eigenvalue weighted by molar-refractivity contribution is 0.251. The van der Waals surface area contributed by atoms with Gasteiger partial charge in [-0.15, -0.1) is 0 Å². The van der Waals surface area contributed by atoms with Gasteiger partial charge in [-0.3, -0.25) is 0 Å². The number of aromatic nitrogens is 3. The largest absolute Gasteiger partial charge is 0.462 e. The molecule has 0 bridgehead atoms. The Morgan fingerprint density at radius 3 is 2.81 bits per heavy atom. The average Bonchev–Trinajstić information content (AvgIpc) is 3.47. The molecule has 4 heterocycles. The number of piperazine rings is 1. The second kappa shape index (κ2) is 9.55. The smallest absolute Gasteiger partial charge is 0.319 e. The lowest BCUT2D eigenvalue weighted by atomic mass is 10.0. The summed E-state index contributed by atoms with van der Waals surface area (Å²) in [6.07, 6.45) is -0.551. The topological polar surface area (TPSA) is 101 Å². The fourth-order valence-electron chi connectivity index (χ4n) is 4.83. The number of hydrogen-bond donors (Lipinski definition) is 3. The molecule has 0 saturated carbocycles. The van der Waals surface area contributed by atoms with E-state index in [2.05, 4.69) is 30.5 Å². The van der Waals surface area contributed by atoms with Crippen LogP contribution in [-0.2, 0) is 0 Å². The number of para-hydroxylation sites is 1. The van der Waals surface area contributed by atoms with Crippen molar-refractivity contribution < 1.29 is 13.5 Å². The van der Waals surface area contributed by atoms with Gasteiger partial charge >= 0.3 is 6.01 Å². The number of nitrogens with two attached hydrogens (primary N) is 1. The van der Waals surface area contributed by atoms with Crippen molar-refractivity contribution in [1.82, 2.24) is 25.6 Å². The van der Waals surface area contributed by atoms with Crippen LogP contribution in [0.1, 0.15) is 6.42 Å².